The fraction of sp³-hybridized carbons (Fsp3) is 0.316. The Kier molecular flexibility index (Phi) is 4.09. The van der Waals surface area contributed by atoms with Gasteiger partial charge in [-0.05, 0) is 48.6 Å². The first-order valence-corrected chi connectivity index (χ1v) is 8.43. The molecule has 1 saturated heterocycles. The lowest BCUT2D eigenvalue weighted by molar-refractivity contribution is 0.174. The lowest BCUT2D eigenvalue weighted by Gasteiger charge is -2.32. The predicted octanol–water partition coefficient (Wildman–Crippen LogP) is 3.53. The molecule has 4 rings (SSSR count). The third-order valence-electron chi connectivity index (χ3n) is 4.77. The highest BCUT2D eigenvalue weighted by molar-refractivity contribution is 5.89. The maximum absolute atomic E-state index is 12.5. The van der Waals surface area contributed by atoms with Gasteiger partial charge in [0.1, 0.15) is 5.75 Å². The zero-order chi connectivity index (χ0) is 17.2. The van der Waals surface area contributed by atoms with E-state index in [9.17, 15) is 9.90 Å². The lowest BCUT2D eigenvalue weighted by atomic mass is 9.89. The van der Waals surface area contributed by atoms with Crippen LogP contribution in [0.1, 0.15) is 24.3 Å². The van der Waals surface area contributed by atoms with Crippen LogP contribution in [-0.2, 0) is 0 Å². The van der Waals surface area contributed by atoms with Crippen molar-refractivity contribution in [3.05, 3.63) is 48.0 Å². The van der Waals surface area contributed by atoms with Crippen molar-refractivity contribution in [1.29, 1.82) is 0 Å². The van der Waals surface area contributed by atoms with Crippen molar-refractivity contribution in [2.75, 3.05) is 25.2 Å². The number of urea groups is 1. The molecule has 2 amide bonds. The number of hydrogen-bond acceptors (Lipinski definition) is 4. The van der Waals surface area contributed by atoms with Crippen LogP contribution in [0.3, 0.4) is 0 Å². The second-order valence-electron chi connectivity index (χ2n) is 6.35. The van der Waals surface area contributed by atoms with Gasteiger partial charge in [0.25, 0.3) is 0 Å². The summed E-state index contributed by atoms with van der Waals surface area (Å²) in [4.78, 5) is 14.3. The Morgan fingerprint density at radius 2 is 1.76 bits per heavy atom. The molecule has 2 aliphatic heterocycles. The Morgan fingerprint density at radius 3 is 2.52 bits per heavy atom. The fourth-order valence-corrected chi connectivity index (χ4v) is 3.34. The second-order valence-corrected chi connectivity index (χ2v) is 6.35. The number of amides is 2. The van der Waals surface area contributed by atoms with E-state index >= 15 is 0 Å². The largest absolute Gasteiger partial charge is 0.508 e. The van der Waals surface area contributed by atoms with E-state index in [1.165, 1.54) is 5.56 Å². The zero-order valence-corrected chi connectivity index (χ0v) is 13.8. The summed E-state index contributed by atoms with van der Waals surface area (Å²) in [6.45, 7) is 1.64. The van der Waals surface area contributed by atoms with Crippen LogP contribution in [0, 0.1) is 0 Å². The van der Waals surface area contributed by atoms with Gasteiger partial charge in [-0.15, -0.1) is 0 Å². The van der Waals surface area contributed by atoms with Crippen LogP contribution in [0.25, 0.3) is 0 Å². The number of nitrogens with one attached hydrogen (secondary N) is 1. The topological polar surface area (TPSA) is 71.0 Å². The van der Waals surface area contributed by atoms with E-state index in [0.717, 1.165) is 12.8 Å². The van der Waals surface area contributed by atoms with E-state index in [-0.39, 0.29) is 18.6 Å². The molecule has 0 unspecified atom stereocenters. The average molecular weight is 340 g/mol. The standard InChI is InChI=1S/C19H20N2O4/c22-16-4-1-13(2-5-16)14-7-9-21(10-8-14)19(23)20-15-3-6-17-18(11-15)25-12-24-17/h1-6,11,14,22H,7-10,12H2,(H,20,23). The van der Waals surface area contributed by atoms with Gasteiger partial charge in [-0.2, -0.15) is 0 Å². The number of hydrogen-bond donors (Lipinski definition) is 2. The van der Waals surface area contributed by atoms with Crippen LogP contribution in [0.2, 0.25) is 0 Å². The van der Waals surface area contributed by atoms with E-state index in [4.69, 9.17) is 9.47 Å². The van der Waals surface area contributed by atoms with E-state index in [0.29, 0.717) is 36.2 Å². The van der Waals surface area contributed by atoms with E-state index in [1.807, 2.05) is 23.1 Å². The number of benzene rings is 2. The van der Waals surface area contributed by atoms with Crippen LogP contribution in [-0.4, -0.2) is 35.9 Å². The summed E-state index contributed by atoms with van der Waals surface area (Å²) in [5.41, 5.74) is 1.92. The van der Waals surface area contributed by atoms with Crippen LogP contribution < -0.4 is 14.8 Å². The maximum atomic E-state index is 12.5. The van der Waals surface area contributed by atoms with Crippen molar-refractivity contribution < 1.29 is 19.4 Å². The molecule has 6 heteroatoms. The highest BCUT2D eigenvalue weighted by Crippen LogP contribution is 2.34. The summed E-state index contributed by atoms with van der Waals surface area (Å²) < 4.78 is 10.6. The van der Waals surface area contributed by atoms with Gasteiger partial charge in [0.15, 0.2) is 11.5 Å². The van der Waals surface area contributed by atoms with E-state index < -0.39 is 0 Å². The van der Waals surface area contributed by atoms with Gasteiger partial charge >= 0.3 is 6.03 Å². The number of piperidine rings is 1. The SMILES string of the molecule is O=C(Nc1ccc2c(c1)OCO2)N1CCC(c2ccc(O)cc2)CC1. The molecule has 0 saturated carbocycles. The third kappa shape index (κ3) is 3.33. The van der Waals surface area contributed by atoms with Gasteiger partial charge in [-0.1, -0.05) is 12.1 Å². The summed E-state index contributed by atoms with van der Waals surface area (Å²) in [7, 11) is 0. The molecule has 2 aromatic carbocycles. The van der Waals surface area contributed by atoms with Crippen LogP contribution in [0.15, 0.2) is 42.5 Å². The van der Waals surface area contributed by atoms with Crippen LogP contribution >= 0.6 is 0 Å². The number of carbonyl (C=O) groups excluding carboxylic acids is 1. The minimum Gasteiger partial charge on any atom is -0.508 e. The predicted molar refractivity (Wildman–Crippen MR) is 93.2 cm³/mol. The van der Waals surface area contributed by atoms with Crippen LogP contribution in [0.4, 0.5) is 10.5 Å². The number of phenolic OH excluding ortho intramolecular Hbond substituents is 1. The molecule has 0 atom stereocenters. The molecule has 0 aromatic heterocycles. The molecular formula is C19H20N2O4. The highest BCUT2D eigenvalue weighted by atomic mass is 16.7. The van der Waals surface area contributed by atoms with Crippen LogP contribution in [0.5, 0.6) is 17.2 Å². The number of aromatic hydroxyl groups is 1. The zero-order valence-electron chi connectivity index (χ0n) is 13.8. The van der Waals surface area contributed by atoms with Gasteiger partial charge in [-0.25, -0.2) is 4.79 Å². The number of rotatable bonds is 2. The first-order chi connectivity index (χ1) is 12.2. The Morgan fingerprint density at radius 1 is 1.04 bits per heavy atom. The molecule has 25 heavy (non-hydrogen) atoms. The number of nitrogens with zero attached hydrogens (tertiary/aromatic N) is 1. The molecule has 2 aliphatic rings. The Hall–Kier alpha value is -2.89. The quantitative estimate of drug-likeness (QED) is 0.877. The number of phenols is 1. The van der Waals surface area contributed by atoms with E-state index in [1.54, 1.807) is 24.3 Å². The minimum atomic E-state index is -0.0944. The normalized spacial score (nSPS) is 16.7. The molecule has 2 heterocycles. The van der Waals surface area contributed by atoms with Crippen molar-refractivity contribution in [1.82, 2.24) is 4.90 Å². The Balaban J connectivity index is 1.34. The molecule has 2 aromatic rings. The Labute approximate surface area is 146 Å². The van der Waals surface area contributed by atoms with Gasteiger partial charge in [0, 0.05) is 24.8 Å². The molecule has 0 bridgehead atoms. The summed E-state index contributed by atoms with van der Waals surface area (Å²) in [5, 5.41) is 12.3. The number of fused-ring (bicyclic) bond motifs is 1. The number of likely N-dealkylation sites (tertiary alicyclic amines) is 1. The first kappa shape index (κ1) is 15.6. The molecule has 0 aliphatic carbocycles. The summed E-state index contributed by atoms with van der Waals surface area (Å²) in [6.07, 6.45) is 1.83. The lowest BCUT2D eigenvalue weighted by Crippen LogP contribution is -2.40. The van der Waals surface area contributed by atoms with Crippen molar-refractivity contribution in [2.24, 2.45) is 0 Å². The molecule has 2 N–H and O–H groups in total. The Bertz CT molecular complexity index is 767. The number of anilines is 1. The third-order valence-corrected chi connectivity index (χ3v) is 4.77. The summed E-state index contributed by atoms with van der Waals surface area (Å²) in [5.74, 6) is 2.07. The number of ether oxygens (including phenoxy) is 2. The molecule has 130 valence electrons. The second kappa shape index (κ2) is 6.55. The van der Waals surface area contributed by atoms with Gasteiger partial charge in [-0.3, -0.25) is 0 Å². The average Bonchev–Trinajstić information content (AvgIpc) is 3.10. The molecule has 0 radical (unpaired) electrons. The smallest absolute Gasteiger partial charge is 0.321 e. The molecular weight excluding hydrogens is 320 g/mol. The molecule has 1 fully saturated rings. The summed E-state index contributed by atoms with van der Waals surface area (Å²) >= 11 is 0. The maximum Gasteiger partial charge on any atom is 0.321 e. The number of carbonyl (C=O) groups is 1. The van der Waals surface area contributed by atoms with Crippen molar-refractivity contribution in [3.63, 3.8) is 0 Å². The van der Waals surface area contributed by atoms with Gasteiger partial charge in [0.2, 0.25) is 6.79 Å². The van der Waals surface area contributed by atoms with Gasteiger partial charge in [0.05, 0.1) is 0 Å². The van der Waals surface area contributed by atoms with Crippen molar-refractivity contribution >= 4 is 11.7 Å². The van der Waals surface area contributed by atoms with Crippen molar-refractivity contribution in [2.45, 2.75) is 18.8 Å². The van der Waals surface area contributed by atoms with Gasteiger partial charge < -0.3 is 24.8 Å². The highest BCUT2D eigenvalue weighted by Gasteiger charge is 2.24. The fourth-order valence-electron chi connectivity index (χ4n) is 3.34. The summed E-state index contributed by atoms with van der Waals surface area (Å²) in [6, 6.07) is 12.7. The minimum absolute atomic E-state index is 0.0944. The van der Waals surface area contributed by atoms with E-state index in [2.05, 4.69) is 5.32 Å². The molecule has 0 spiro atoms. The first-order valence-electron chi connectivity index (χ1n) is 8.43. The monoisotopic (exact) mass is 340 g/mol. The van der Waals surface area contributed by atoms with Crippen molar-refractivity contribution in [3.8, 4) is 17.2 Å². The molecule has 6 nitrogen and oxygen atoms in total.